The third-order valence-corrected chi connectivity index (χ3v) is 4.89. The fourth-order valence-corrected chi connectivity index (χ4v) is 3.41. The van der Waals surface area contributed by atoms with Crippen LogP contribution >= 0.6 is 11.3 Å². The molecule has 0 aliphatic heterocycles. The van der Waals surface area contributed by atoms with Crippen molar-refractivity contribution in [2.45, 2.75) is 12.7 Å². The number of fused-ring (bicyclic) bond motifs is 1. The predicted molar refractivity (Wildman–Crippen MR) is 95.5 cm³/mol. The highest BCUT2D eigenvalue weighted by atomic mass is 32.1. The number of alkyl halides is 3. The first-order valence-electron chi connectivity index (χ1n) is 7.86. The molecule has 0 radical (unpaired) electrons. The summed E-state index contributed by atoms with van der Waals surface area (Å²) in [6, 6.07) is 11.7. The summed E-state index contributed by atoms with van der Waals surface area (Å²) < 4.78 is 39.2. The summed E-state index contributed by atoms with van der Waals surface area (Å²) in [5, 5.41) is 10.7. The van der Waals surface area contributed by atoms with Crippen LogP contribution in [0, 0.1) is 0 Å². The van der Waals surface area contributed by atoms with Crippen molar-refractivity contribution in [2.75, 3.05) is 0 Å². The molecule has 27 heavy (non-hydrogen) atoms. The highest BCUT2D eigenvalue weighted by Gasteiger charge is 2.30. The molecular formula is C18H11F3N4OS. The van der Waals surface area contributed by atoms with Crippen molar-refractivity contribution in [3.05, 3.63) is 75.5 Å². The van der Waals surface area contributed by atoms with Crippen molar-refractivity contribution >= 4 is 22.2 Å². The van der Waals surface area contributed by atoms with E-state index in [0.717, 1.165) is 12.1 Å². The molecule has 0 fully saturated rings. The third kappa shape index (κ3) is 3.45. The van der Waals surface area contributed by atoms with E-state index in [0.29, 0.717) is 27.2 Å². The number of rotatable bonds is 3. The lowest BCUT2D eigenvalue weighted by Gasteiger charge is -2.06. The molecule has 0 N–H and O–H groups in total. The van der Waals surface area contributed by atoms with Crippen LogP contribution < -0.4 is 5.56 Å². The van der Waals surface area contributed by atoms with Gasteiger partial charge in [0.2, 0.25) is 0 Å². The van der Waals surface area contributed by atoms with E-state index in [1.54, 1.807) is 29.6 Å². The molecule has 0 amide bonds. The Hall–Kier alpha value is -3.07. The van der Waals surface area contributed by atoms with Gasteiger partial charge in [0.15, 0.2) is 0 Å². The molecule has 136 valence electrons. The molecule has 2 heterocycles. The molecule has 0 aliphatic carbocycles. The minimum Gasteiger partial charge on any atom is -0.267 e. The molecule has 9 heteroatoms. The van der Waals surface area contributed by atoms with Crippen LogP contribution in [0.1, 0.15) is 11.3 Å². The first-order valence-corrected chi connectivity index (χ1v) is 8.74. The zero-order chi connectivity index (χ0) is 19.0. The summed E-state index contributed by atoms with van der Waals surface area (Å²) in [6.07, 6.45) is -4.37. The molecule has 0 bridgehead atoms. The Bertz CT molecular complexity index is 1170. The summed E-state index contributed by atoms with van der Waals surface area (Å²) in [5.74, 6) is 0. The van der Waals surface area contributed by atoms with Crippen LogP contribution in [0.3, 0.4) is 0 Å². The lowest BCUT2D eigenvalue weighted by atomic mass is 10.1. The molecule has 0 unspecified atom stereocenters. The number of thiazole rings is 1. The molecule has 0 aliphatic rings. The van der Waals surface area contributed by atoms with Gasteiger partial charge in [0.1, 0.15) is 10.5 Å². The molecule has 0 saturated carbocycles. The van der Waals surface area contributed by atoms with Gasteiger partial charge in [0.05, 0.1) is 23.2 Å². The molecule has 4 aromatic rings. The Labute approximate surface area is 154 Å². The maximum Gasteiger partial charge on any atom is 0.416 e. The van der Waals surface area contributed by atoms with Crippen molar-refractivity contribution < 1.29 is 13.2 Å². The average molecular weight is 388 g/mol. The van der Waals surface area contributed by atoms with Gasteiger partial charge in [-0.15, -0.1) is 16.4 Å². The number of hydrogen-bond donors (Lipinski definition) is 0. The Morgan fingerprint density at radius 1 is 1.04 bits per heavy atom. The van der Waals surface area contributed by atoms with E-state index in [2.05, 4.69) is 15.3 Å². The normalized spacial score (nSPS) is 11.8. The lowest BCUT2D eigenvalue weighted by Crippen LogP contribution is -2.24. The predicted octanol–water partition coefficient (Wildman–Crippen LogP) is 3.98. The summed E-state index contributed by atoms with van der Waals surface area (Å²) in [4.78, 5) is 16.9. The standard InChI is InChI=1S/C18H11F3N4OS/c19-18(20,21)12-7-5-11(6-8-12)16-22-13(10-27-16)9-25-17(26)14-3-1-2-4-15(14)23-24-25/h1-8,10H,9H2. The second-order valence-corrected chi connectivity index (χ2v) is 6.65. The van der Waals surface area contributed by atoms with Gasteiger partial charge in [-0.3, -0.25) is 4.79 Å². The van der Waals surface area contributed by atoms with Crippen molar-refractivity contribution in [1.82, 2.24) is 20.0 Å². The van der Waals surface area contributed by atoms with Gasteiger partial charge in [-0.25, -0.2) is 9.67 Å². The number of nitrogens with zero attached hydrogens (tertiary/aromatic N) is 4. The number of benzene rings is 2. The van der Waals surface area contributed by atoms with E-state index >= 15 is 0 Å². The van der Waals surface area contributed by atoms with Crippen LogP contribution in [0.15, 0.2) is 58.7 Å². The maximum atomic E-state index is 12.7. The molecule has 0 spiro atoms. The van der Waals surface area contributed by atoms with Crippen LogP contribution in [0.4, 0.5) is 13.2 Å². The van der Waals surface area contributed by atoms with Crippen LogP contribution in [0.5, 0.6) is 0 Å². The fraction of sp³-hybridized carbons (Fsp3) is 0.111. The smallest absolute Gasteiger partial charge is 0.267 e. The summed E-state index contributed by atoms with van der Waals surface area (Å²) in [5.41, 5.74) is 0.700. The molecule has 0 saturated heterocycles. The Balaban J connectivity index is 1.60. The lowest BCUT2D eigenvalue weighted by molar-refractivity contribution is -0.137. The number of aromatic nitrogens is 4. The van der Waals surface area contributed by atoms with Crippen molar-refractivity contribution in [1.29, 1.82) is 0 Å². The van der Waals surface area contributed by atoms with Gasteiger partial charge >= 0.3 is 6.18 Å². The second kappa shape index (κ2) is 6.58. The van der Waals surface area contributed by atoms with Gasteiger partial charge < -0.3 is 0 Å². The Kier molecular flexibility index (Phi) is 4.23. The molecule has 5 nitrogen and oxygen atoms in total. The van der Waals surface area contributed by atoms with Gasteiger partial charge in [0.25, 0.3) is 5.56 Å². The minimum atomic E-state index is -4.37. The van der Waals surface area contributed by atoms with Gasteiger partial charge in [0, 0.05) is 10.9 Å². The van der Waals surface area contributed by atoms with Gasteiger partial charge in [-0.2, -0.15) is 13.2 Å². The SMILES string of the molecule is O=c1c2ccccc2nnn1Cc1csc(-c2ccc(C(F)(F)F)cc2)n1. The first kappa shape index (κ1) is 17.3. The second-order valence-electron chi connectivity index (χ2n) is 5.79. The molecular weight excluding hydrogens is 377 g/mol. The van der Waals surface area contributed by atoms with Crippen LogP contribution in [0.2, 0.25) is 0 Å². The number of hydrogen-bond acceptors (Lipinski definition) is 5. The van der Waals surface area contributed by atoms with Crippen molar-refractivity contribution in [3.8, 4) is 10.6 Å². The fourth-order valence-electron chi connectivity index (χ4n) is 2.59. The topological polar surface area (TPSA) is 60.7 Å². The highest BCUT2D eigenvalue weighted by molar-refractivity contribution is 7.13. The van der Waals surface area contributed by atoms with Gasteiger partial charge in [-0.05, 0) is 24.3 Å². The Morgan fingerprint density at radius 2 is 1.78 bits per heavy atom. The van der Waals surface area contributed by atoms with Crippen molar-refractivity contribution in [3.63, 3.8) is 0 Å². The molecule has 4 rings (SSSR count). The maximum absolute atomic E-state index is 12.7. The van der Waals surface area contributed by atoms with Crippen LogP contribution in [-0.2, 0) is 12.7 Å². The quantitative estimate of drug-likeness (QED) is 0.533. The Morgan fingerprint density at radius 3 is 2.52 bits per heavy atom. The van der Waals surface area contributed by atoms with E-state index in [-0.39, 0.29) is 12.1 Å². The summed E-state index contributed by atoms with van der Waals surface area (Å²) in [7, 11) is 0. The molecule has 2 aromatic carbocycles. The first-order chi connectivity index (χ1) is 12.9. The van der Waals surface area contributed by atoms with E-state index in [9.17, 15) is 18.0 Å². The minimum absolute atomic E-state index is 0.133. The highest BCUT2D eigenvalue weighted by Crippen LogP contribution is 2.31. The third-order valence-electron chi connectivity index (χ3n) is 3.95. The van der Waals surface area contributed by atoms with Crippen LogP contribution in [0.25, 0.3) is 21.5 Å². The summed E-state index contributed by atoms with van der Waals surface area (Å²) >= 11 is 1.29. The number of halogens is 3. The van der Waals surface area contributed by atoms with Crippen LogP contribution in [-0.4, -0.2) is 20.0 Å². The summed E-state index contributed by atoms with van der Waals surface area (Å²) in [6.45, 7) is 0.133. The molecule has 0 atom stereocenters. The molecule has 2 aromatic heterocycles. The van der Waals surface area contributed by atoms with E-state index < -0.39 is 11.7 Å². The van der Waals surface area contributed by atoms with Crippen molar-refractivity contribution in [2.24, 2.45) is 0 Å². The average Bonchev–Trinajstić information content (AvgIpc) is 3.12. The zero-order valence-corrected chi connectivity index (χ0v) is 14.5. The van der Waals surface area contributed by atoms with E-state index in [1.807, 2.05) is 0 Å². The monoisotopic (exact) mass is 388 g/mol. The zero-order valence-electron chi connectivity index (χ0n) is 13.6. The van der Waals surface area contributed by atoms with Gasteiger partial charge in [-0.1, -0.05) is 29.5 Å². The van der Waals surface area contributed by atoms with E-state index in [4.69, 9.17) is 0 Å². The van der Waals surface area contributed by atoms with E-state index in [1.165, 1.54) is 28.2 Å². The largest absolute Gasteiger partial charge is 0.416 e.